The summed E-state index contributed by atoms with van der Waals surface area (Å²) < 4.78 is 13.3. The van der Waals surface area contributed by atoms with Gasteiger partial charge in [0.15, 0.2) is 5.58 Å². The zero-order valence-corrected chi connectivity index (χ0v) is 24.9. The molecule has 42 heavy (non-hydrogen) atoms. The van der Waals surface area contributed by atoms with Crippen LogP contribution in [0.1, 0.15) is 31.9 Å². The van der Waals surface area contributed by atoms with Gasteiger partial charge in [-0.3, -0.25) is 19.3 Å². The van der Waals surface area contributed by atoms with Crippen molar-refractivity contribution in [2.45, 2.75) is 40.8 Å². The maximum absolute atomic E-state index is 13.2. The standard InChI is InChI=1S/C33H38N4O5/c1-6-37-27-12-11-26(21-28(27)34(5)31(39)33(3,4)32(37)40)41-20-18-35(22-25-10-8-7-9-23(25)2)16-17-36-15-13-24-14-19-42-29(24)30(36)38/h7-15,19,21H,6,16-18,20,22H2,1-5H3. The van der Waals surface area contributed by atoms with Crippen LogP contribution in [0.25, 0.3) is 11.0 Å². The van der Waals surface area contributed by atoms with E-state index >= 15 is 0 Å². The van der Waals surface area contributed by atoms with Gasteiger partial charge in [-0.2, -0.15) is 0 Å². The number of fused-ring (bicyclic) bond motifs is 2. The molecule has 9 heteroatoms. The molecule has 0 unspecified atom stereocenters. The van der Waals surface area contributed by atoms with Gasteiger partial charge < -0.3 is 23.5 Å². The number of pyridine rings is 1. The predicted octanol–water partition coefficient (Wildman–Crippen LogP) is 4.84. The van der Waals surface area contributed by atoms with Gasteiger partial charge in [-0.15, -0.1) is 0 Å². The number of aromatic nitrogens is 1. The SMILES string of the molecule is CCN1C(=O)C(C)(C)C(=O)N(C)c2cc(OCCN(CCn3ccc4ccoc4c3=O)Cc3ccccc3C)ccc21. The Hall–Kier alpha value is -4.37. The van der Waals surface area contributed by atoms with Gasteiger partial charge in [0.25, 0.3) is 5.56 Å². The van der Waals surface area contributed by atoms with Crippen LogP contribution in [0.5, 0.6) is 5.75 Å². The number of rotatable bonds is 10. The second kappa shape index (κ2) is 11.9. The number of carbonyl (C=O) groups excluding carboxylic acids is 2. The van der Waals surface area contributed by atoms with Crippen LogP contribution >= 0.6 is 0 Å². The van der Waals surface area contributed by atoms with E-state index in [9.17, 15) is 14.4 Å². The first-order chi connectivity index (χ1) is 20.1. The first-order valence-electron chi connectivity index (χ1n) is 14.3. The number of hydrogen-bond donors (Lipinski definition) is 0. The lowest BCUT2D eigenvalue weighted by Gasteiger charge is -2.27. The molecule has 0 N–H and O–H groups in total. The van der Waals surface area contributed by atoms with Crippen LogP contribution in [0.4, 0.5) is 11.4 Å². The van der Waals surface area contributed by atoms with E-state index in [-0.39, 0.29) is 17.4 Å². The summed E-state index contributed by atoms with van der Waals surface area (Å²) in [7, 11) is 1.70. The number of furan rings is 1. The Bertz CT molecular complexity index is 1670. The van der Waals surface area contributed by atoms with Crippen LogP contribution in [0.3, 0.4) is 0 Å². The summed E-state index contributed by atoms with van der Waals surface area (Å²) in [4.78, 5) is 44.7. The number of aryl methyl sites for hydroxylation is 1. The molecule has 1 aliphatic heterocycles. The number of nitrogens with zero attached hydrogens (tertiary/aromatic N) is 4. The van der Waals surface area contributed by atoms with E-state index in [2.05, 4.69) is 24.0 Å². The zero-order valence-electron chi connectivity index (χ0n) is 24.9. The Morgan fingerprint density at radius 3 is 2.50 bits per heavy atom. The third-order valence-electron chi connectivity index (χ3n) is 8.11. The molecule has 9 nitrogen and oxygen atoms in total. The highest BCUT2D eigenvalue weighted by atomic mass is 16.5. The molecule has 0 saturated carbocycles. The van der Waals surface area contributed by atoms with Crippen LogP contribution in [-0.2, 0) is 22.7 Å². The number of hydrogen-bond acceptors (Lipinski definition) is 6. The molecule has 0 saturated heterocycles. The molecule has 2 aromatic heterocycles. The summed E-state index contributed by atoms with van der Waals surface area (Å²) in [6.07, 6.45) is 3.34. The molecule has 0 aliphatic carbocycles. The lowest BCUT2D eigenvalue weighted by atomic mass is 9.90. The number of ether oxygens (including phenoxy) is 1. The van der Waals surface area contributed by atoms with Crippen LogP contribution in [0, 0.1) is 12.3 Å². The molecule has 2 amide bonds. The minimum atomic E-state index is -1.16. The van der Waals surface area contributed by atoms with Gasteiger partial charge in [-0.25, -0.2) is 0 Å². The summed E-state index contributed by atoms with van der Waals surface area (Å²) >= 11 is 0. The van der Waals surface area contributed by atoms with Crippen molar-refractivity contribution in [3.05, 3.63) is 88.5 Å². The minimum absolute atomic E-state index is 0.143. The van der Waals surface area contributed by atoms with Crippen molar-refractivity contribution in [2.75, 3.05) is 43.1 Å². The van der Waals surface area contributed by atoms with E-state index in [0.29, 0.717) is 62.0 Å². The summed E-state index contributed by atoms with van der Waals surface area (Å²) in [5.41, 5.74) is 2.81. The molecule has 0 radical (unpaired) electrons. The van der Waals surface area contributed by atoms with E-state index in [1.165, 1.54) is 17.4 Å². The van der Waals surface area contributed by atoms with Crippen molar-refractivity contribution in [3.8, 4) is 5.75 Å². The van der Waals surface area contributed by atoms with Gasteiger partial charge in [-0.05, 0) is 63.1 Å². The second-order valence-corrected chi connectivity index (χ2v) is 11.3. The molecule has 4 aromatic rings. The smallest absolute Gasteiger partial charge is 0.294 e. The second-order valence-electron chi connectivity index (χ2n) is 11.3. The molecule has 0 bridgehead atoms. The summed E-state index contributed by atoms with van der Waals surface area (Å²) in [5, 5.41) is 0.796. The van der Waals surface area contributed by atoms with Crippen molar-refractivity contribution in [2.24, 2.45) is 5.41 Å². The number of carbonyl (C=O) groups is 2. The third kappa shape index (κ3) is 5.56. The van der Waals surface area contributed by atoms with Crippen LogP contribution in [0.15, 0.2) is 76.3 Å². The highest BCUT2D eigenvalue weighted by Crippen LogP contribution is 2.40. The molecule has 0 spiro atoms. The Balaban J connectivity index is 1.32. The van der Waals surface area contributed by atoms with Gasteiger partial charge in [0.1, 0.15) is 17.8 Å². The lowest BCUT2D eigenvalue weighted by molar-refractivity contribution is -0.137. The minimum Gasteiger partial charge on any atom is -0.492 e. The van der Waals surface area contributed by atoms with Crippen LogP contribution < -0.4 is 20.1 Å². The molecule has 5 rings (SSSR count). The fraction of sp³-hybridized carbons (Fsp3) is 0.364. The zero-order chi connectivity index (χ0) is 30.0. The molecule has 2 aromatic carbocycles. The summed E-state index contributed by atoms with van der Waals surface area (Å²) in [5.74, 6) is 0.146. The van der Waals surface area contributed by atoms with Gasteiger partial charge >= 0.3 is 0 Å². The van der Waals surface area contributed by atoms with E-state index < -0.39 is 5.41 Å². The molecular formula is C33H38N4O5. The summed E-state index contributed by atoms with van der Waals surface area (Å²) in [6, 6.07) is 17.5. The Morgan fingerprint density at radius 1 is 0.952 bits per heavy atom. The Labute approximate surface area is 245 Å². The molecular weight excluding hydrogens is 532 g/mol. The largest absolute Gasteiger partial charge is 0.492 e. The van der Waals surface area contributed by atoms with Crippen molar-refractivity contribution in [1.82, 2.24) is 9.47 Å². The first-order valence-corrected chi connectivity index (χ1v) is 14.3. The average Bonchev–Trinajstić information content (AvgIpc) is 3.46. The van der Waals surface area contributed by atoms with Gasteiger partial charge in [-0.1, -0.05) is 24.3 Å². The van der Waals surface area contributed by atoms with Gasteiger partial charge in [0.05, 0.1) is 17.6 Å². The van der Waals surface area contributed by atoms with E-state index in [1.807, 2.05) is 49.5 Å². The van der Waals surface area contributed by atoms with Crippen molar-refractivity contribution in [3.63, 3.8) is 0 Å². The van der Waals surface area contributed by atoms with Crippen molar-refractivity contribution < 1.29 is 18.7 Å². The fourth-order valence-corrected chi connectivity index (χ4v) is 5.48. The van der Waals surface area contributed by atoms with Gasteiger partial charge in [0.2, 0.25) is 11.8 Å². The fourth-order valence-electron chi connectivity index (χ4n) is 5.48. The Kier molecular flexibility index (Phi) is 8.22. The third-order valence-corrected chi connectivity index (χ3v) is 8.11. The highest BCUT2D eigenvalue weighted by molar-refractivity contribution is 6.20. The summed E-state index contributed by atoms with van der Waals surface area (Å²) in [6.45, 7) is 10.7. The number of anilines is 2. The van der Waals surface area contributed by atoms with E-state index in [0.717, 1.165) is 5.39 Å². The molecule has 3 heterocycles. The van der Waals surface area contributed by atoms with Crippen molar-refractivity contribution in [1.29, 1.82) is 0 Å². The maximum atomic E-state index is 13.2. The van der Waals surface area contributed by atoms with Crippen LogP contribution in [0.2, 0.25) is 0 Å². The average molecular weight is 571 g/mol. The highest BCUT2D eigenvalue weighted by Gasteiger charge is 2.45. The normalized spacial score (nSPS) is 14.9. The van der Waals surface area contributed by atoms with Crippen LogP contribution in [-0.4, -0.2) is 54.6 Å². The molecule has 1 aliphatic rings. The number of amides is 2. The lowest BCUT2D eigenvalue weighted by Crippen LogP contribution is -2.47. The molecule has 0 atom stereocenters. The number of benzene rings is 2. The Morgan fingerprint density at radius 2 is 1.74 bits per heavy atom. The topological polar surface area (TPSA) is 88.2 Å². The van der Waals surface area contributed by atoms with E-state index in [4.69, 9.17) is 9.15 Å². The molecule has 220 valence electrons. The van der Waals surface area contributed by atoms with Crippen molar-refractivity contribution >= 4 is 34.2 Å². The first kappa shape index (κ1) is 29.1. The predicted molar refractivity (Wildman–Crippen MR) is 164 cm³/mol. The van der Waals surface area contributed by atoms with E-state index in [1.54, 1.807) is 41.3 Å². The monoisotopic (exact) mass is 570 g/mol. The quantitative estimate of drug-likeness (QED) is 0.254. The molecule has 0 fully saturated rings. The maximum Gasteiger partial charge on any atom is 0.294 e. The van der Waals surface area contributed by atoms with Gasteiger partial charge in [0, 0.05) is 57.4 Å².